The third-order valence-corrected chi connectivity index (χ3v) is 8.11. The van der Waals surface area contributed by atoms with Crippen molar-refractivity contribution in [2.75, 3.05) is 24.8 Å². The number of carbonyl (C=O) groups is 3. The maximum Gasteiger partial charge on any atom is 0.341 e. The van der Waals surface area contributed by atoms with Gasteiger partial charge in [-0.05, 0) is 49.4 Å². The smallest absolute Gasteiger partial charge is 0.341 e. The Kier molecular flexibility index (Phi) is 8.82. The molecule has 2 amide bonds. The third-order valence-electron chi connectivity index (χ3n) is 5.88. The Morgan fingerprint density at radius 2 is 1.92 bits per heavy atom. The number of aryl methyl sites for hydroxylation is 1. The summed E-state index contributed by atoms with van der Waals surface area (Å²) in [5, 5.41) is 15.1. The largest absolute Gasteiger partial charge is 0.497 e. The zero-order chi connectivity index (χ0) is 26.4. The number of hydrogen-bond donors (Lipinski definition) is 2. The lowest BCUT2D eigenvalue weighted by Gasteiger charge is -2.08. The molecule has 0 saturated heterocycles. The van der Waals surface area contributed by atoms with Gasteiger partial charge in [-0.1, -0.05) is 23.9 Å². The fourth-order valence-electron chi connectivity index (χ4n) is 4.00. The average Bonchev–Trinajstić information content (AvgIpc) is 3.56. The van der Waals surface area contributed by atoms with Crippen LogP contribution in [0.3, 0.4) is 0 Å². The fraction of sp³-hybridized carbons (Fsp3) is 0.400. The number of esters is 1. The van der Waals surface area contributed by atoms with Gasteiger partial charge in [-0.3, -0.25) is 9.59 Å². The van der Waals surface area contributed by atoms with Crippen molar-refractivity contribution in [1.82, 2.24) is 20.1 Å². The van der Waals surface area contributed by atoms with Gasteiger partial charge in [0.25, 0.3) is 0 Å². The first-order valence-electron chi connectivity index (χ1n) is 11.9. The highest BCUT2D eigenvalue weighted by molar-refractivity contribution is 7.99. The van der Waals surface area contributed by atoms with E-state index in [0.29, 0.717) is 21.5 Å². The second kappa shape index (κ2) is 12.2. The zero-order valence-electron chi connectivity index (χ0n) is 21.0. The van der Waals surface area contributed by atoms with Crippen molar-refractivity contribution >= 4 is 45.9 Å². The lowest BCUT2D eigenvalue weighted by atomic mass is 10.1. The summed E-state index contributed by atoms with van der Waals surface area (Å²) in [5.74, 6) is 0.637. The fourth-order valence-corrected chi connectivity index (χ4v) is 6.02. The SMILES string of the molecule is CCOC(=O)c1c(NC(=O)CSc2nnc(CNC(=O)Cc3ccc(OC)cc3)n2C)sc2c1CCC2. The number of amides is 2. The van der Waals surface area contributed by atoms with Crippen LogP contribution in [0.4, 0.5) is 5.00 Å². The number of anilines is 1. The molecule has 0 aliphatic heterocycles. The Morgan fingerprint density at radius 3 is 2.65 bits per heavy atom. The number of methoxy groups -OCH3 is 1. The minimum Gasteiger partial charge on any atom is -0.497 e. The van der Waals surface area contributed by atoms with Crippen LogP contribution in [0.1, 0.15) is 45.5 Å². The quantitative estimate of drug-likeness (QED) is 0.279. The molecule has 0 radical (unpaired) electrons. The van der Waals surface area contributed by atoms with Crippen LogP contribution in [0.15, 0.2) is 29.4 Å². The van der Waals surface area contributed by atoms with Crippen LogP contribution in [0.2, 0.25) is 0 Å². The molecule has 2 N–H and O–H groups in total. The van der Waals surface area contributed by atoms with Crippen molar-refractivity contribution in [2.45, 2.75) is 44.3 Å². The van der Waals surface area contributed by atoms with Crippen molar-refractivity contribution in [3.8, 4) is 5.75 Å². The van der Waals surface area contributed by atoms with Crippen molar-refractivity contribution in [1.29, 1.82) is 0 Å². The summed E-state index contributed by atoms with van der Waals surface area (Å²) in [6.07, 6.45) is 2.98. The van der Waals surface area contributed by atoms with E-state index in [9.17, 15) is 14.4 Å². The van der Waals surface area contributed by atoms with Crippen LogP contribution >= 0.6 is 23.1 Å². The summed E-state index contributed by atoms with van der Waals surface area (Å²) in [6.45, 7) is 2.26. The van der Waals surface area contributed by atoms with E-state index >= 15 is 0 Å². The highest BCUT2D eigenvalue weighted by Gasteiger charge is 2.28. The summed E-state index contributed by atoms with van der Waals surface area (Å²) in [5.41, 5.74) is 2.36. The average molecular weight is 544 g/mol. The zero-order valence-corrected chi connectivity index (χ0v) is 22.6. The minimum absolute atomic E-state index is 0.0979. The van der Waals surface area contributed by atoms with E-state index in [0.717, 1.165) is 41.0 Å². The van der Waals surface area contributed by atoms with Crippen LogP contribution < -0.4 is 15.4 Å². The number of benzene rings is 1. The molecule has 0 bridgehead atoms. The molecule has 1 aromatic carbocycles. The van der Waals surface area contributed by atoms with Crippen molar-refractivity contribution < 1.29 is 23.9 Å². The number of nitrogens with one attached hydrogen (secondary N) is 2. The number of thioether (sulfide) groups is 1. The first-order chi connectivity index (χ1) is 17.9. The maximum absolute atomic E-state index is 12.7. The first kappa shape index (κ1) is 26.7. The summed E-state index contributed by atoms with van der Waals surface area (Å²) >= 11 is 2.68. The lowest BCUT2D eigenvalue weighted by molar-refractivity contribution is -0.120. The molecule has 2 heterocycles. The van der Waals surface area contributed by atoms with E-state index < -0.39 is 5.97 Å². The van der Waals surface area contributed by atoms with E-state index in [-0.39, 0.29) is 37.1 Å². The molecular formula is C25H29N5O5S2. The highest BCUT2D eigenvalue weighted by Crippen LogP contribution is 2.39. The molecule has 0 atom stereocenters. The molecule has 2 aromatic heterocycles. The molecule has 12 heteroatoms. The Morgan fingerprint density at radius 1 is 1.14 bits per heavy atom. The van der Waals surface area contributed by atoms with Crippen LogP contribution in [-0.4, -0.2) is 52.0 Å². The van der Waals surface area contributed by atoms with Gasteiger partial charge in [0.2, 0.25) is 11.8 Å². The predicted molar refractivity (Wildman–Crippen MR) is 141 cm³/mol. The van der Waals surface area contributed by atoms with Gasteiger partial charge in [-0.15, -0.1) is 21.5 Å². The van der Waals surface area contributed by atoms with Crippen molar-refractivity contribution in [3.05, 3.63) is 51.7 Å². The molecule has 0 saturated carbocycles. The number of rotatable bonds is 11. The Balaban J connectivity index is 1.29. The van der Waals surface area contributed by atoms with E-state index in [1.54, 1.807) is 25.6 Å². The molecule has 0 fully saturated rings. The minimum atomic E-state index is -0.392. The molecule has 1 aliphatic carbocycles. The van der Waals surface area contributed by atoms with Gasteiger partial charge < -0.3 is 24.7 Å². The summed E-state index contributed by atoms with van der Waals surface area (Å²) < 4.78 is 12.1. The molecule has 0 unspecified atom stereocenters. The Bertz CT molecular complexity index is 1290. The summed E-state index contributed by atoms with van der Waals surface area (Å²) in [6, 6.07) is 7.32. The number of aromatic nitrogens is 3. The number of fused-ring (bicyclic) bond motifs is 1. The second-order valence-electron chi connectivity index (χ2n) is 8.38. The summed E-state index contributed by atoms with van der Waals surface area (Å²) in [7, 11) is 3.38. The summed E-state index contributed by atoms with van der Waals surface area (Å²) in [4.78, 5) is 38.7. The molecule has 4 rings (SSSR count). The van der Waals surface area contributed by atoms with E-state index in [2.05, 4.69) is 20.8 Å². The highest BCUT2D eigenvalue weighted by atomic mass is 32.2. The van der Waals surface area contributed by atoms with Gasteiger partial charge in [0.05, 0.1) is 38.0 Å². The maximum atomic E-state index is 12.7. The van der Waals surface area contributed by atoms with Gasteiger partial charge in [0.1, 0.15) is 10.8 Å². The molecule has 196 valence electrons. The third kappa shape index (κ3) is 6.50. The number of carbonyl (C=O) groups excluding carboxylic acids is 3. The standard InChI is InChI=1S/C25H29N5O5S2/c1-4-35-24(33)22-17-6-5-7-18(17)37-23(22)27-21(32)14-36-25-29-28-19(30(25)2)13-26-20(31)12-15-8-10-16(34-3)11-9-15/h8-11H,4-7,12-14H2,1-3H3,(H,26,31)(H,27,32). The number of ether oxygens (including phenoxy) is 2. The lowest BCUT2D eigenvalue weighted by Crippen LogP contribution is -2.26. The van der Waals surface area contributed by atoms with Gasteiger partial charge >= 0.3 is 5.97 Å². The van der Waals surface area contributed by atoms with Crippen LogP contribution in [0.25, 0.3) is 0 Å². The first-order valence-corrected chi connectivity index (χ1v) is 13.7. The van der Waals surface area contributed by atoms with Gasteiger partial charge in [-0.25, -0.2) is 4.79 Å². The molecular weight excluding hydrogens is 514 g/mol. The molecule has 10 nitrogen and oxygen atoms in total. The van der Waals surface area contributed by atoms with Crippen LogP contribution in [0.5, 0.6) is 5.75 Å². The van der Waals surface area contributed by atoms with E-state index in [4.69, 9.17) is 9.47 Å². The van der Waals surface area contributed by atoms with Crippen LogP contribution in [-0.2, 0) is 47.2 Å². The molecule has 37 heavy (non-hydrogen) atoms. The second-order valence-corrected chi connectivity index (χ2v) is 10.4. The van der Waals surface area contributed by atoms with E-state index in [1.165, 1.54) is 23.1 Å². The molecule has 1 aliphatic rings. The molecule has 0 spiro atoms. The predicted octanol–water partition coefficient (Wildman–Crippen LogP) is 3.14. The number of nitrogens with zero attached hydrogens (tertiary/aromatic N) is 3. The van der Waals surface area contributed by atoms with Crippen molar-refractivity contribution in [2.24, 2.45) is 7.05 Å². The Hall–Kier alpha value is -3.38. The van der Waals surface area contributed by atoms with Crippen molar-refractivity contribution in [3.63, 3.8) is 0 Å². The number of hydrogen-bond acceptors (Lipinski definition) is 9. The Labute approximate surface area is 223 Å². The monoisotopic (exact) mass is 543 g/mol. The molecule has 3 aromatic rings. The van der Waals surface area contributed by atoms with Gasteiger partial charge in [0, 0.05) is 11.9 Å². The van der Waals surface area contributed by atoms with Gasteiger partial charge in [0.15, 0.2) is 11.0 Å². The van der Waals surface area contributed by atoms with E-state index in [1.807, 2.05) is 24.3 Å². The topological polar surface area (TPSA) is 124 Å². The number of thiophene rings is 1. The normalized spacial score (nSPS) is 12.2. The van der Waals surface area contributed by atoms with Crippen LogP contribution in [0, 0.1) is 0 Å². The van der Waals surface area contributed by atoms with Gasteiger partial charge in [-0.2, -0.15) is 0 Å².